The van der Waals surface area contributed by atoms with Gasteiger partial charge in [-0.25, -0.2) is 0 Å². The normalized spacial score (nSPS) is 20.0. The molecule has 2 heterocycles. The van der Waals surface area contributed by atoms with Gasteiger partial charge < -0.3 is 14.5 Å². The molecule has 0 spiro atoms. The Kier molecular flexibility index (Phi) is 6.56. The Morgan fingerprint density at radius 3 is 2.64 bits per heavy atom. The Morgan fingerprint density at radius 2 is 1.89 bits per heavy atom. The number of amides is 2. The average molecular weight is 487 g/mol. The molecule has 0 bridgehead atoms. The van der Waals surface area contributed by atoms with Crippen molar-refractivity contribution in [3.63, 3.8) is 0 Å². The number of rotatable bonds is 10. The van der Waals surface area contributed by atoms with Gasteiger partial charge >= 0.3 is 0 Å². The lowest BCUT2D eigenvalue weighted by Crippen LogP contribution is -2.49. The van der Waals surface area contributed by atoms with Crippen LogP contribution in [0.15, 0.2) is 60.7 Å². The molecule has 7 heteroatoms. The number of likely N-dealkylation sites (N-methyl/N-ethyl adjacent to an activating group) is 1. The molecule has 2 unspecified atom stereocenters. The zero-order valence-corrected chi connectivity index (χ0v) is 21.3. The van der Waals surface area contributed by atoms with Gasteiger partial charge in [-0.3, -0.25) is 14.3 Å². The molecule has 2 aliphatic rings. The number of nitrogens with zero attached hydrogens (tertiary/aromatic N) is 4. The number of fused-ring (bicyclic) bond motifs is 3. The number of para-hydroxylation sites is 2. The molecule has 5 rings (SSSR count). The fraction of sp³-hybridized carbons (Fsp3) is 0.414. The highest BCUT2D eigenvalue weighted by Gasteiger charge is 2.66. The average Bonchev–Trinajstić information content (AvgIpc) is 3.55. The first-order valence-corrected chi connectivity index (χ1v) is 12.9. The summed E-state index contributed by atoms with van der Waals surface area (Å²) in [6.45, 7) is 8.25. The van der Waals surface area contributed by atoms with E-state index in [-0.39, 0.29) is 24.3 Å². The van der Waals surface area contributed by atoms with Crippen LogP contribution in [0.4, 0.5) is 5.69 Å². The number of hydrogen-bond donors (Lipinski definition) is 0. The molecule has 0 radical (unpaired) electrons. The highest BCUT2D eigenvalue weighted by molar-refractivity contribution is 6.07. The van der Waals surface area contributed by atoms with Gasteiger partial charge in [0.1, 0.15) is 18.9 Å². The topological polar surface area (TPSA) is 67.7 Å². The van der Waals surface area contributed by atoms with E-state index in [0.29, 0.717) is 19.7 Å². The van der Waals surface area contributed by atoms with Gasteiger partial charge in [-0.1, -0.05) is 43.3 Å². The summed E-state index contributed by atoms with van der Waals surface area (Å²) >= 11 is 0. The molecule has 1 fully saturated rings. The third kappa shape index (κ3) is 4.38. The van der Waals surface area contributed by atoms with E-state index < -0.39 is 5.41 Å². The van der Waals surface area contributed by atoms with Crippen molar-refractivity contribution in [1.29, 1.82) is 0 Å². The number of aryl methyl sites for hydroxylation is 2. The highest BCUT2D eigenvalue weighted by atomic mass is 16.5. The van der Waals surface area contributed by atoms with Crippen LogP contribution in [0.2, 0.25) is 0 Å². The fourth-order valence-corrected chi connectivity index (χ4v) is 5.40. The zero-order valence-electron chi connectivity index (χ0n) is 21.3. The molecule has 0 saturated heterocycles. The number of anilines is 1. The molecule has 2 aromatic carbocycles. The Labute approximate surface area is 212 Å². The van der Waals surface area contributed by atoms with Crippen molar-refractivity contribution >= 4 is 17.5 Å². The van der Waals surface area contributed by atoms with E-state index >= 15 is 0 Å². The van der Waals surface area contributed by atoms with Crippen molar-refractivity contribution in [1.82, 2.24) is 14.7 Å². The maximum Gasteiger partial charge on any atom is 0.242 e. The van der Waals surface area contributed by atoms with Crippen molar-refractivity contribution in [2.24, 2.45) is 5.41 Å². The SMILES string of the molecule is CCCn1nc(C)cc1CN(CC)C(=O)CN1C(=O)C2(COc3ccccc3)CC2c2ccccc21. The summed E-state index contributed by atoms with van der Waals surface area (Å²) < 4.78 is 8.05. The lowest BCUT2D eigenvalue weighted by atomic mass is 9.92. The second-order valence-corrected chi connectivity index (χ2v) is 9.87. The second kappa shape index (κ2) is 9.80. The van der Waals surface area contributed by atoms with Crippen LogP contribution >= 0.6 is 0 Å². The number of hydrogen-bond acceptors (Lipinski definition) is 4. The van der Waals surface area contributed by atoms with E-state index in [4.69, 9.17) is 4.74 Å². The Balaban J connectivity index is 1.36. The van der Waals surface area contributed by atoms with Gasteiger partial charge in [0.15, 0.2) is 0 Å². The molecule has 2 atom stereocenters. The van der Waals surface area contributed by atoms with Crippen LogP contribution in [0.5, 0.6) is 5.75 Å². The lowest BCUT2D eigenvalue weighted by molar-refractivity contribution is -0.133. The quantitative estimate of drug-likeness (QED) is 0.422. The van der Waals surface area contributed by atoms with E-state index in [0.717, 1.165) is 47.8 Å². The second-order valence-electron chi connectivity index (χ2n) is 9.87. The third-order valence-electron chi connectivity index (χ3n) is 7.39. The van der Waals surface area contributed by atoms with Crippen molar-refractivity contribution in [2.75, 3.05) is 24.6 Å². The summed E-state index contributed by atoms with van der Waals surface area (Å²) in [7, 11) is 0. The number of aromatic nitrogens is 2. The molecular formula is C29H34N4O3. The molecule has 0 N–H and O–H groups in total. The molecule has 36 heavy (non-hydrogen) atoms. The molecule has 1 aliphatic carbocycles. The van der Waals surface area contributed by atoms with Gasteiger partial charge in [-0.2, -0.15) is 5.10 Å². The predicted molar refractivity (Wildman–Crippen MR) is 139 cm³/mol. The monoisotopic (exact) mass is 486 g/mol. The maximum atomic E-state index is 13.9. The Bertz CT molecular complexity index is 1250. The van der Waals surface area contributed by atoms with E-state index in [1.54, 1.807) is 4.90 Å². The number of carbonyl (C=O) groups is 2. The smallest absolute Gasteiger partial charge is 0.242 e. The minimum Gasteiger partial charge on any atom is -0.492 e. The van der Waals surface area contributed by atoms with Gasteiger partial charge in [-0.15, -0.1) is 0 Å². The molecule has 1 saturated carbocycles. The zero-order chi connectivity index (χ0) is 25.3. The fourth-order valence-electron chi connectivity index (χ4n) is 5.40. The van der Waals surface area contributed by atoms with Crippen LogP contribution < -0.4 is 9.64 Å². The first-order valence-electron chi connectivity index (χ1n) is 12.9. The van der Waals surface area contributed by atoms with Crippen LogP contribution in [-0.2, 0) is 22.7 Å². The summed E-state index contributed by atoms with van der Waals surface area (Å²) in [5.41, 5.74) is 3.32. The standard InChI is InChI=1S/C29H34N4O3/c1-4-15-33-22(16-21(3)30-33)18-31(5-2)27(34)19-32-26-14-10-9-13-24(26)25-17-29(25,28(32)35)20-36-23-11-7-6-8-12-23/h6-14,16,25H,4-5,15,17-20H2,1-3H3. The van der Waals surface area contributed by atoms with Crippen molar-refractivity contribution in [3.05, 3.63) is 77.6 Å². The van der Waals surface area contributed by atoms with Gasteiger partial charge in [0.05, 0.1) is 23.3 Å². The van der Waals surface area contributed by atoms with E-state index in [1.807, 2.05) is 78.0 Å². The molecule has 3 aromatic rings. The van der Waals surface area contributed by atoms with Crippen LogP contribution in [0.1, 0.15) is 49.6 Å². The largest absolute Gasteiger partial charge is 0.492 e. The van der Waals surface area contributed by atoms with Crippen LogP contribution in [0.25, 0.3) is 0 Å². The van der Waals surface area contributed by atoms with Crippen LogP contribution in [0.3, 0.4) is 0 Å². The molecular weight excluding hydrogens is 452 g/mol. The molecule has 7 nitrogen and oxygen atoms in total. The summed E-state index contributed by atoms with van der Waals surface area (Å²) in [5.74, 6) is 0.798. The lowest BCUT2D eigenvalue weighted by Gasteiger charge is -2.35. The Morgan fingerprint density at radius 1 is 1.14 bits per heavy atom. The van der Waals surface area contributed by atoms with E-state index in [9.17, 15) is 9.59 Å². The van der Waals surface area contributed by atoms with E-state index in [2.05, 4.69) is 18.1 Å². The molecule has 188 valence electrons. The van der Waals surface area contributed by atoms with Crippen LogP contribution in [0, 0.1) is 12.3 Å². The minimum atomic E-state index is -0.613. The Hall–Kier alpha value is -3.61. The summed E-state index contributed by atoms with van der Waals surface area (Å²) in [6, 6.07) is 19.6. The molecule has 2 amide bonds. The van der Waals surface area contributed by atoms with Gasteiger partial charge in [0.25, 0.3) is 0 Å². The molecule has 1 aromatic heterocycles. The van der Waals surface area contributed by atoms with Crippen molar-refractivity contribution in [3.8, 4) is 5.75 Å². The van der Waals surface area contributed by atoms with Crippen molar-refractivity contribution in [2.45, 2.75) is 52.6 Å². The number of ether oxygens (including phenoxy) is 1. The van der Waals surface area contributed by atoms with Gasteiger partial charge in [0, 0.05) is 24.7 Å². The van der Waals surface area contributed by atoms with Crippen molar-refractivity contribution < 1.29 is 14.3 Å². The van der Waals surface area contributed by atoms with Crippen LogP contribution in [-0.4, -0.2) is 46.2 Å². The number of benzene rings is 2. The third-order valence-corrected chi connectivity index (χ3v) is 7.39. The summed E-state index contributed by atoms with van der Waals surface area (Å²) in [4.78, 5) is 30.9. The summed E-state index contributed by atoms with van der Waals surface area (Å²) in [6.07, 6.45) is 1.72. The maximum absolute atomic E-state index is 13.9. The highest BCUT2D eigenvalue weighted by Crippen LogP contribution is 2.65. The van der Waals surface area contributed by atoms with Gasteiger partial charge in [0.2, 0.25) is 11.8 Å². The van der Waals surface area contributed by atoms with E-state index in [1.165, 1.54) is 0 Å². The van der Waals surface area contributed by atoms with Gasteiger partial charge in [-0.05, 0) is 56.5 Å². The number of carbonyl (C=O) groups excluding carboxylic acids is 2. The predicted octanol–water partition coefficient (Wildman–Crippen LogP) is 4.55. The minimum absolute atomic E-state index is 0.0154. The summed E-state index contributed by atoms with van der Waals surface area (Å²) in [5, 5.41) is 4.57. The first kappa shape index (κ1) is 24.1. The first-order chi connectivity index (χ1) is 17.5. The molecule has 1 aliphatic heterocycles.